The summed E-state index contributed by atoms with van der Waals surface area (Å²) in [5.41, 5.74) is 5.43. The summed E-state index contributed by atoms with van der Waals surface area (Å²) >= 11 is 7.67. The molecule has 0 saturated carbocycles. The van der Waals surface area contributed by atoms with Gasteiger partial charge >= 0.3 is 0 Å². The lowest BCUT2D eigenvalue weighted by molar-refractivity contribution is 0.978. The number of nitrogens with zero attached hydrogens (tertiary/aromatic N) is 2. The van der Waals surface area contributed by atoms with Crippen molar-refractivity contribution in [3.63, 3.8) is 0 Å². The first-order valence-electron chi connectivity index (χ1n) is 4.25. The van der Waals surface area contributed by atoms with E-state index < -0.39 is 0 Å². The van der Waals surface area contributed by atoms with Crippen molar-refractivity contribution in [3.05, 3.63) is 11.2 Å². The maximum Gasteiger partial charge on any atom is 0.222 e. The summed E-state index contributed by atoms with van der Waals surface area (Å²) in [4.78, 5) is 7.76. The second-order valence-electron chi connectivity index (χ2n) is 2.70. The molecular weight excluding hydrogens is 220 g/mol. The van der Waals surface area contributed by atoms with Crippen LogP contribution in [0.4, 0.5) is 11.8 Å². The molecular formula is C8H13ClN4S. The highest BCUT2D eigenvalue weighted by Crippen LogP contribution is 2.18. The van der Waals surface area contributed by atoms with Crippen molar-refractivity contribution in [2.45, 2.75) is 6.42 Å². The van der Waals surface area contributed by atoms with E-state index in [0.717, 1.165) is 18.7 Å². The minimum atomic E-state index is 0.238. The first kappa shape index (κ1) is 11.4. The van der Waals surface area contributed by atoms with E-state index in [1.54, 1.807) is 0 Å². The maximum atomic E-state index is 5.86. The third kappa shape index (κ3) is 3.59. The normalized spacial score (nSPS) is 10.1. The predicted molar refractivity (Wildman–Crippen MR) is 62.9 cm³/mol. The highest BCUT2D eigenvalue weighted by Gasteiger charge is 2.01. The van der Waals surface area contributed by atoms with Crippen LogP contribution in [0.2, 0.25) is 5.02 Å². The van der Waals surface area contributed by atoms with Crippen LogP contribution in [0.15, 0.2) is 6.20 Å². The summed E-state index contributed by atoms with van der Waals surface area (Å²) < 4.78 is 0. The lowest BCUT2D eigenvalue weighted by atomic mass is 10.4. The molecule has 0 aliphatic rings. The molecule has 0 radical (unpaired) electrons. The van der Waals surface area contributed by atoms with Gasteiger partial charge in [0.05, 0.1) is 6.20 Å². The topological polar surface area (TPSA) is 63.8 Å². The lowest BCUT2D eigenvalue weighted by Gasteiger charge is -2.06. The van der Waals surface area contributed by atoms with E-state index in [4.69, 9.17) is 17.3 Å². The number of hydrogen-bond donors (Lipinski definition) is 2. The Kier molecular flexibility index (Phi) is 4.82. The number of nitrogen functional groups attached to an aromatic ring is 1. The molecule has 0 atom stereocenters. The minimum absolute atomic E-state index is 0.238. The SMILES string of the molecule is CSCCCNc1nc(N)ncc1Cl. The van der Waals surface area contributed by atoms with Crippen LogP contribution in [0.25, 0.3) is 0 Å². The Balaban J connectivity index is 2.45. The minimum Gasteiger partial charge on any atom is -0.369 e. The summed E-state index contributed by atoms with van der Waals surface area (Å²) in [6, 6.07) is 0. The van der Waals surface area contributed by atoms with Gasteiger partial charge in [-0.2, -0.15) is 16.7 Å². The Morgan fingerprint density at radius 2 is 2.43 bits per heavy atom. The highest BCUT2D eigenvalue weighted by atomic mass is 35.5. The van der Waals surface area contributed by atoms with Gasteiger partial charge in [0.25, 0.3) is 0 Å². The summed E-state index contributed by atoms with van der Waals surface area (Å²) in [7, 11) is 0. The fourth-order valence-electron chi connectivity index (χ4n) is 0.928. The van der Waals surface area contributed by atoms with Gasteiger partial charge in [-0.1, -0.05) is 11.6 Å². The van der Waals surface area contributed by atoms with E-state index in [1.165, 1.54) is 6.20 Å². The summed E-state index contributed by atoms with van der Waals surface area (Å²) in [5.74, 6) is 1.97. The average molecular weight is 233 g/mol. The molecule has 0 aliphatic heterocycles. The molecule has 6 heteroatoms. The Labute approximate surface area is 92.6 Å². The number of aromatic nitrogens is 2. The van der Waals surface area contributed by atoms with Crippen molar-refractivity contribution in [3.8, 4) is 0 Å². The summed E-state index contributed by atoms with van der Waals surface area (Å²) in [5, 5.41) is 3.62. The molecule has 0 saturated heterocycles. The van der Waals surface area contributed by atoms with Gasteiger partial charge in [0, 0.05) is 6.54 Å². The van der Waals surface area contributed by atoms with E-state index in [2.05, 4.69) is 21.5 Å². The first-order valence-corrected chi connectivity index (χ1v) is 6.02. The number of hydrogen-bond acceptors (Lipinski definition) is 5. The zero-order chi connectivity index (χ0) is 10.4. The van der Waals surface area contributed by atoms with Crippen LogP contribution in [0, 0.1) is 0 Å². The van der Waals surface area contributed by atoms with Crippen LogP contribution < -0.4 is 11.1 Å². The van der Waals surface area contributed by atoms with Crippen molar-refractivity contribution in [2.24, 2.45) is 0 Å². The number of anilines is 2. The summed E-state index contributed by atoms with van der Waals surface area (Å²) in [6.07, 6.45) is 4.65. The Morgan fingerprint density at radius 3 is 3.14 bits per heavy atom. The second-order valence-corrected chi connectivity index (χ2v) is 4.09. The Bertz CT molecular complexity index is 295. The van der Waals surface area contributed by atoms with Gasteiger partial charge in [0.1, 0.15) is 10.8 Å². The largest absolute Gasteiger partial charge is 0.369 e. The third-order valence-corrected chi connectivity index (χ3v) is 2.55. The molecule has 4 nitrogen and oxygen atoms in total. The van der Waals surface area contributed by atoms with Crippen molar-refractivity contribution in [2.75, 3.05) is 29.6 Å². The average Bonchev–Trinajstić information content (AvgIpc) is 2.18. The van der Waals surface area contributed by atoms with E-state index in [1.807, 2.05) is 11.8 Å². The smallest absolute Gasteiger partial charge is 0.222 e. The van der Waals surface area contributed by atoms with Gasteiger partial charge in [-0.15, -0.1) is 0 Å². The van der Waals surface area contributed by atoms with E-state index in [0.29, 0.717) is 10.8 Å². The standard InChI is InChI=1S/C8H13ClN4S/c1-14-4-2-3-11-7-6(9)5-12-8(10)13-7/h5H,2-4H2,1H3,(H3,10,11,12,13). The Hall–Kier alpha value is -0.680. The number of nitrogens with two attached hydrogens (primary N) is 1. The van der Waals surface area contributed by atoms with E-state index >= 15 is 0 Å². The van der Waals surface area contributed by atoms with Crippen LogP contribution >= 0.6 is 23.4 Å². The molecule has 78 valence electrons. The van der Waals surface area contributed by atoms with Gasteiger partial charge in [-0.3, -0.25) is 0 Å². The van der Waals surface area contributed by atoms with E-state index in [9.17, 15) is 0 Å². The highest BCUT2D eigenvalue weighted by molar-refractivity contribution is 7.98. The molecule has 0 spiro atoms. The van der Waals surface area contributed by atoms with Crippen molar-refractivity contribution < 1.29 is 0 Å². The van der Waals surface area contributed by atoms with Gasteiger partial charge in [-0.25, -0.2) is 4.98 Å². The molecule has 0 amide bonds. The monoisotopic (exact) mass is 232 g/mol. The number of nitrogens with one attached hydrogen (secondary N) is 1. The predicted octanol–water partition coefficient (Wildman–Crippen LogP) is 1.88. The van der Waals surface area contributed by atoms with Crippen molar-refractivity contribution in [1.82, 2.24) is 9.97 Å². The van der Waals surface area contributed by atoms with E-state index in [-0.39, 0.29) is 5.95 Å². The molecule has 1 rings (SSSR count). The van der Waals surface area contributed by atoms with Gasteiger partial charge in [0.15, 0.2) is 0 Å². The second kappa shape index (κ2) is 5.93. The van der Waals surface area contributed by atoms with Gasteiger partial charge < -0.3 is 11.1 Å². The molecule has 0 aromatic carbocycles. The van der Waals surface area contributed by atoms with Crippen molar-refractivity contribution in [1.29, 1.82) is 0 Å². The molecule has 3 N–H and O–H groups in total. The zero-order valence-electron chi connectivity index (χ0n) is 7.96. The molecule has 0 fully saturated rings. The van der Waals surface area contributed by atoms with Crippen LogP contribution in [0.1, 0.15) is 6.42 Å². The number of rotatable bonds is 5. The molecule has 1 aromatic rings. The molecule has 0 unspecified atom stereocenters. The van der Waals surface area contributed by atoms with Crippen LogP contribution in [-0.4, -0.2) is 28.5 Å². The number of halogens is 1. The molecule has 0 aliphatic carbocycles. The van der Waals surface area contributed by atoms with Crippen LogP contribution in [0.5, 0.6) is 0 Å². The van der Waals surface area contributed by atoms with Crippen LogP contribution in [0.3, 0.4) is 0 Å². The van der Waals surface area contributed by atoms with Crippen LogP contribution in [-0.2, 0) is 0 Å². The fraction of sp³-hybridized carbons (Fsp3) is 0.500. The molecule has 1 heterocycles. The lowest BCUT2D eigenvalue weighted by Crippen LogP contribution is -2.06. The molecule has 14 heavy (non-hydrogen) atoms. The van der Waals surface area contributed by atoms with Crippen molar-refractivity contribution >= 4 is 35.1 Å². The fourth-order valence-corrected chi connectivity index (χ4v) is 1.52. The Morgan fingerprint density at radius 1 is 1.64 bits per heavy atom. The quantitative estimate of drug-likeness (QED) is 0.759. The molecule has 0 bridgehead atoms. The first-order chi connectivity index (χ1) is 6.74. The van der Waals surface area contributed by atoms with Gasteiger partial charge in [-0.05, 0) is 18.4 Å². The maximum absolute atomic E-state index is 5.86. The third-order valence-electron chi connectivity index (χ3n) is 1.58. The summed E-state index contributed by atoms with van der Waals surface area (Å²) in [6.45, 7) is 0.844. The molecule has 1 aromatic heterocycles. The number of thioether (sulfide) groups is 1. The van der Waals surface area contributed by atoms with Gasteiger partial charge in [0.2, 0.25) is 5.95 Å². The zero-order valence-corrected chi connectivity index (χ0v) is 9.53.